The van der Waals surface area contributed by atoms with Gasteiger partial charge in [-0.3, -0.25) is 0 Å². The monoisotopic (exact) mass is 242 g/mol. The first-order valence-electron chi connectivity index (χ1n) is 6.58. The Morgan fingerprint density at radius 3 is 2.18 bits per heavy atom. The van der Waals surface area contributed by atoms with Crippen LogP contribution in [0.3, 0.4) is 0 Å². The molecule has 0 saturated heterocycles. The summed E-state index contributed by atoms with van der Waals surface area (Å²) in [6, 6.07) is 0. The molecule has 0 aliphatic carbocycles. The summed E-state index contributed by atoms with van der Waals surface area (Å²) in [4.78, 5) is 11.0. The van der Waals surface area contributed by atoms with Crippen molar-refractivity contribution in [1.82, 2.24) is 0 Å². The van der Waals surface area contributed by atoms with E-state index in [4.69, 9.17) is 9.47 Å². The van der Waals surface area contributed by atoms with Crippen molar-refractivity contribution in [2.45, 2.75) is 52.4 Å². The zero-order valence-corrected chi connectivity index (χ0v) is 11.3. The van der Waals surface area contributed by atoms with Crippen LogP contribution in [0, 0.1) is 0 Å². The fourth-order valence-electron chi connectivity index (χ4n) is 1.37. The Bertz CT molecular complexity index is 212. The topological polar surface area (TPSA) is 35.5 Å². The highest BCUT2D eigenvalue weighted by Crippen LogP contribution is 2.04. The molecule has 0 radical (unpaired) electrons. The summed E-state index contributed by atoms with van der Waals surface area (Å²) in [5.41, 5.74) is 0.470. The molecule has 0 aliphatic rings. The zero-order chi connectivity index (χ0) is 12.9. The van der Waals surface area contributed by atoms with Gasteiger partial charge in [-0.05, 0) is 26.2 Å². The maximum Gasteiger partial charge on any atom is 0.333 e. The lowest BCUT2D eigenvalue weighted by molar-refractivity contribution is -0.139. The van der Waals surface area contributed by atoms with Crippen molar-refractivity contribution >= 4 is 5.97 Å². The molecule has 0 aliphatic heterocycles. The standard InChI is InChI=1S/C14H26O3/c1-4-10-16-11-8-6-5-7-9-12-17-14(15)13(2)3/h2,4-12H2,1,3H3. The molecule has 0 fully saturated rings. The molecule has 0 aromatic heterocycles. The van der Waals surface area contributed by atoms with Crippen LogP contribution in [0.2, 0.25) is 0 Å². The fourth-order valence-corrected chi connectivity index (χ4v) is 1.37. The van der Waals surface area contributed by atoms with E-state index < -0.39 is 0 Å². The SMILES string of the molecule is C=C(C)C(=O)OCCCCCCCOCCC. The molecule has 0 aromatic rings. The number of unbranched alkanes of at least 4 members (excludes halogenated alkanes) is 4. The molecular weight excluding hydrogens is 216 g/mol. The van der Waals surface area contributed by atoms with Crippen LogP contribution in [0.15, 0.2) is 12.2 Å². The Hall–Kier alpha value is -0.830. The lowest BCUT2D eigenvalue weighted by Crippen LogP contribution is -2.06. The maximum atomic E-state index is 11.0. The Balaban J connectivity index is 3.08. The number of carbonyl (C=O) groups excluding carboxylic acids is 1. The van der Waals surface area contributed by atoms with Crippen LogP contribution in [0.5, 0.6) is 0 Å². The van der Waals surface area contributed by atoms with E-state index in [0.717, 1.165) is 38.9 Å². The summed E-state index contributed by atoms with van der Waals surface area (Å²) in [5, 5.41) is 0. The Kier molecular flexibility index (Phi) is 11.1. The quantitative estimate of drug-likeness (QED) is 0.316. The van der Waals surface area contributed by atoms with Gasteiger partial charge in [0, 0.05) is 18.8 Å². The predicted molar refractivity (Wildman–Crippen MR) is 70.0 cm³/mol. The molecule has 17 heavy (non-hydrogen) atoms. The first-order chi connectivity index (χ1) is 8.18. The highest BCUT2D eigenvalue weighted by atomic mass is 16.5. The van der Waals surface area contributed by atoms with Crippen molar-refractivity contribution in [3.63, 3.8) is 0 Å². The van der Waals surface area contributed by atoms with Crippen molar-refractivity contribution in [3.8, 4) is 0 Å². The molecule has 3 heteroatoms. The van der Waals surface area contributed by atoms with Crippen LogP contribution in [-0.4, -0.2) is 25.8 Å². The zero-order valence-electron chi connectivity index (χ0n) is 11.3. The minimum Gasteiger partial charge on any atom is -0.462 e. The first kappa shape index (κ1) is 16.2. The minimum absolute atomic E-state index is 0.280. The maximum absolute atomic E-state index is 11.0. The van der Waals surface area contributed by atoms with Gasteiger partial charge in [0.1, 0.15) is 0 Å². The van der Waals surface area contributed by atoms with Crippen LogP contribution in [0.4, 0.5) is 0 Å². The van der Waals surface area contributed by atoms with Crippen molar-refractivity contribution < 1.29 is 14.3 Å². The number of carbonyl (C=O) groups is 1. The molecule has 100 valence electrons. The van der Waals surface area contributed by atoms with Gasteiger partial charge in [-0.2, -0.15) is 0 Å². The molecule has 0 N–H and O–H groups in total. The largest absolute Gasteiger partial charge is 0.462 e. The number of hydrogen-bond donors (Lipinski definition) is 0. The second-order valence-electron chi connectivity index (χ2n) is 4.30. The molecule has 0 spiro atoms. The normalized spacial score (nSPS) is 10.2. The molecule has 0 saturated carbocycles. The molecule has 0 heterocycles. The number of esters is 1. The predicted octanol–water partition coefficient (Wildman–Crippen LogP) is 3.48. The van der Waals surface area contributed by atoms with Gasteiger partial charge in [-0.25, -0.2) is 4.79 Å². The number of hydrogen-bond acceptors (Lipinski definition) is 3. The van der Waals surface area contributed by atoms with Gasteiger partial charge in [0.05, 0.1) is 6.61 Å². The lowest BCUT2D eigenvalue weighted by atomic mass is 10.1. The molecule has 0 aromatic carbocycles. The average molecular weight is 242 g/mol. The van der Waals surface area contributed by atoms with Crippen LogP contribution in [0.1, 0.15) is 52.4 Å². The third-order valence-corrected chi connectivity index (χ3v) is 2.36. The summed E-state index contributed by atoms with van der Waals surface area (Å²) in [6.07, 6.45) is 6.64. The van der Waals surface area contributed by atoms with E-state index in [2.05, 4.69) is 13.5 Å². The van der Waals surface area contributed by atoms with Gasteiger partial charge in [-0.15, -0.1) is 0 Å². The Morgan fingerprint density at radius 1 is 1.00 bits per heavy atom. The molecule has 3 nitrogen and oxygen atoms in total. The summed E-state index contributed by atoms with van der Waals surface area (Å²) >= 11 is 0. The van der Waals surface area contributed by atoms with Gasteiger partial charge in [0.15, 0.2) is 0 Å². The highest BCUT2D eigenvalue weighted by Gasteiger charge is 2.01. The van der Waals surface area contributed by atoms with Gasteiger partial charge in [0.25, 0.3) is 0 Å². The number of ether oxygens (including phenoxy) is 2. The smallest absolute Gasteiger partial charge is 0.333 e. The van der Waals surface area contributed by atoms with Gasteiger partial charge < -0.3 is 9.47 Å². The first-order valence-corrected chi connectivity index (χ1v) is 6.58. The molecule has 0 rings (SSSR count). The van der Waals surface area contributed by atoms with Crippen molar-refractivity contribution in [2.75, 3.05) is 19.8 Å². The van der Waals surface area contributed by atoms with Crippen LogP contribution < -0.4 is 0 Å². The Morgan fingerprint density at radius 2 is 1.59 bits per heavy atom. The molecule has 0 amide bonds. The fraction of sp³-hybridized carbons (Fsp3) is 0.786. The van der Waals surface area contributed by atoms with Gasteiger partial charge in [0.2, 0.25) is 0 Å². The van der Waals surface area contributed by atoms with E-state index in [1.807, 2.05) is 0 Å². The molecule has 0 bridgehead atoms. The third kappa shape index (κ3) is 11.4. The second kappa shape index (κ2) is 11.6. The van der Waals surface area contributed by atoms with E-state index in [1.54, 1.807) is 6.92 Å². The summed E-state index contributed by atoms with van der Waals surface area (Å²) < 4.78 is 10.4. The van der Waals surface area contributed by atoms with E-state index in [0.29, 0.717) is 12.2 Å². The van der Waals surface area contributed by atoms with E-state index in [1.165, 1.54) is 12.8 Å². The molecule has 0 atom stereocenters. The van der Waals surface area contributed by atoms with E-state index in [9.17, 15) is 4.79 Å². The summed E-state index contributed by atoms with van der Waals surface area (Å²) in [7, 11) is 0. The van der Waals surface area contributed by atoms with Crippen LogP contribution in [-0.2, 0) is 14.3 Å². The molecular formula is C14H26O3. The van der Waals surface area contributed by atoms with E-state index in [-0.39, 0.29) is 5.97 Å². The van der Waals surface area contributed by atoms with E-state index >= 15 is 0 Å². The molecule has 0 unspecified atom stereocenters. The number of rotatable bonds is 11. The average Bonchev–Trinajstić information content (AvgIpc) is 2.31. The van der Waals surface area contributed by atoms with Crippen LogP contribution >= 0.6 is 0 Å². The van der Waals surface area contributed by atoms with Crippen molar-refractivity contribution in [2.24, 2.45) is 0 Å². The van der Waals surface area contributed by atoms with Crippen molar-refractivity contribution in [1.29, 1.82) is 0 Å². The van der Waals surface area contributed by atoms with Gasteiger partial charge >= 0.3 is 5.97 Å². The summed E-state index contributed by atoms with van der Waals surface area (Å²) in [6.45, 7) is 9.57. The van der Waals surface area contributed by atoms with Crippen LogP contribution in [0.25, 0.3) is 0 Å². The Labute approximate surface area is 105 Å². The van der Waals surface area contributed by atoms with Crippen molar-refractivity contribution in [3.05, 3.63) is 12.2 Å². The minimum atomic E-state index is -0.280. The van der Waals surface area contributed by atoms with Gasteiger partial charge in [-0.1, -0.05) is 32.8 Å². The third-order valence-electron chi connectivity index (χ3n) is 2.36. The highest BCUT2D eigenvalue weighted by molar-refractivity contribution is 5.86. The lowest BCUT2D eigenvalue weighted by Gasteiger charge is -2.04. The second-order valence-corrected chi connectivity index (χ2v) is 4.30. The summed E-state index contributed by atoms with van der Waals surface area (Å²) in [5.74, 6) is -0.280.